The van der Waals surface area contributed by atoms with Gasteiger partial charge in [-0.15, -0.1) is 0 Å². The maximum atomic E-state index is 2.29. The number of rotatable bonds is 9. The molecule has 4 aromatic carbocycles. The van der Waals surface area contributed by atoms with Crippen LogP contribution in [0.4, 0.5) is 0 Å². The molecule has 0 spiro atoms. The molecule has 0 N–H and O–H groups in total. The van der Waals surface area contributed by atoms with Crippen molar-refractivity contribution in [2.75, 3.05) is 0 Å². The summed E-state index contributed by atoms with van der Waals surface area (Å²) >= 11 is 1.32. The Morgan fingerprint density at radius 2 is 0.600 bits per heavy atom. The van der Waals surface area contributed by atoms with Crippen molar-refractivity contribution in [2.45, 2.75) is 22.5 Å². The van der Waals surface area contributed by atoms with Crippen LogP contribution in [0, 0.1) is 0 Å². The van der Waals surface area contributed by atoms with E-state index in [4.69, 9.17) is 0 Å². The van der Waals surface area contributed by atoms with Gasteiger partial charge in [0.2, 0.25) is 0 Å². The van der Waals surface area contributed by atoms with Crippen molar-refractivity contribution in [3.8, 4) is 0 Å². The Labute approximate surface area is 191 Å². The standard InChI is InChI=1S/C28H26Se2/c1-5-13-23(14-6-1)27(24-15-7-2-8-16-24)21-29-30-22-28(25-17-9-3-10-18-25)26-19-11-4-12-20-26/h1-20,27-28H,21-22H2. The van der Waals surface area contributed by atoms with Crippen molar-refractivity contribution in [2.24, 2.45) is 0 Å². The molecular weight excluding hydrogens is 494 g/mol. The summed E-state index contributed by atoms with van der Waals surface area (Å²) in [6.45, 7) is 0. The van der Waals surface area contributed by atoms with Gasteiger partial charge in [-0.2, -0.15) is 0 Å². The quantitative estimate of drug-likeness (QED) is 0.168. The molecule has 30 heavy (non-hydrogen) atoms. The third-order valence-corrected chi connectivity index (χ3v) is 12.5. The molecule has 0 radical (unpaired) electrons. The van der Waals surface area contributed by atoms with E-state index in [2.05, 4.69) is 121 Å². The zero-order chi connectivity index (χ0) is 20.4. The Bertz CT molecular complexity index is 822. The van der Waals surface area contributed by atoms with E-state index in [9.17, 15) is 0 Å². The van der Waals surface area contributed by atoms with Crippen molar-refractivity contribution < 1.29 is 0 Å². The molecule has 0 fully saturated rings. The summed E-state index contributed by atoms with van der Waals surface area (Å²) in [5, 5.41) is 2.55. The van der Waals surface area contributed by atoms with E-state index in [0.29, 0.717) is 38.1 Å². The van der Waals surface area contributed by atoms with E-state index in [1.54, 1.807) is 0 Å². The summed E-state index contributed by atoms with van der Waals surface area (Å²) in [5.41, 5.74) is 5.79. The summed E-state index contributed by atoms with van der Waals surface area (Å²) in [6, 6.07) is 44.1. The van der Waals surface area contributed by atoms with Crippen molar-refractivity contribution in [3.63, 3.8) is 0 Å². The minimum absolute atomic E-state index is 0.515. The normalized spacial score (nSPS) is 11.1. The summed E-state index contributed by atoms with van der Waals surface area (Å²) in [5.74, 6) is 1.03. The van der Waals surface area contributed by atoms with Crippen LogP contribution >= 0.6 is 0 Å². The van der Waals surface area contributed by atoms with Gasteiger partial charge in [0.1, 0.15) is 0 Å². The molecule has 0 aliphatic rings. The minimum atomic E-state index is 0.515. The molecule has 0 aliphatic heterocycles. The molecule has 2 heteroatoms. The summed E-state index contributed by atoms with van der Waals surface area (Å²) < 4.78 is 0. The second-order valence-electron chi connectivity index (χ2n) is 7.32. The first-order valence-corrected chi connectivity index (χ1v) is 17.1. The molecule has 0 nitrogen and oxygen atoms in total. The van der Waals surface area contributed by atoms with Crippen LogP contribution in [0.1, 0.15) is 34.1 Å². The molecule has 0 amide bonds. The maximum absolute atomic E-state index is 2.29. The SMILES string of the molecule is c1ccc(C(C[Se][Se]CC(c2ccccc2)c2ccccc2)c2ccccc2)cc1. The van der Waals surface area contributed by atoms with Crippen LogP contribution in [0.2, 0.25) is 10.6 Å². The molecular formula is C28H26Se2. The van der Waals surface area contributed by atoms with Gasteiger partial charge in [-0.25, -0.2) is 0 Å². The van der Waals surface area contributed by atoms with Gasteiger partial charge in [-0.1, -0.05) is 0 Å². The molecule has 0 atom stereocenters. The van der Waals surface area contributed by atoms with Crippen LogP contribution in [-0.4, -0.2) is 26.3 Å². The number of hydrogen-bond acceptors (Lipinski definition) is 0. The van der Waals surface area contributed by atoms with Crippen LogP contribution in [0.25, 0.3) is 0 Å². The van der Waals surface area contributed by atoms with Crippen molar-refractivity contribution >= 4 is 26.3 Å². The predicted molar refractivity (Wildman–Crippen MR) is 131 cm³/mol. The number of hydrogen-bond donors (Lipinski definition) is 0. The van der Waals surface area contributed by atoms with Gasteiger partial charge < -0.3 is 0 Å². The van der Waals surface area contributed by atoms with Gasteiger partial charge in [-0.05, 0) is 0 Å². The fourth-order valence-electron chi connectivity index (χ4n) is 3.74. The van der Waals surface area contributed by atoms with Gasteiger partial charge in [0, 0.05) is 0 Å². The monoisotopic (exact) mass is 522 g/mol. The van der Waals surface area contributed by atoms with Gasteiger partial charge in [0.25, 0.3) is 0 Å². The molecule has 0 aliphatic carbocycles. The second-order valence-corrected chi connectivity index (χ2v) is 14.8. The van der Waals surface area contributed by atoms with Crippen LogP contribution in [0.5, 0.6) is 0 Å². The van der Waals surface area contributed by atoms with E-state index < -0.39 is 0 Å². The van der Waals surface area contributed by atoms with Crippen LogP contribution in [0.15, 0.2) is 121 Å². The first-order chi connectivity index (χ1) is 14.9. The zero-order valence-electron chi connectivity index (χ0n) is 16.9. The molecule has 150 valence electrons. The Hall–Kier alpha value is -2.08. The second kappa shape index (κ2) is 11.3. The Balaban J connectivity index is 1.45. The van der Waals surface area contributed by atoms with Gasteiger partial charge >= 0.3 is 192 Å². The van der Waals surface area contributed by atoms with Crippen LogP contribution < -0.4 is 0 Å². The Morgan fingerprint density at radius 3 is 0.833 bits per heavy atom. The van der Waals surface area contributed by atoms with Crippen LogP contribution in [0.3, 0.4) is 0 Å². The molecule has 4 rings (SSSR count). The molecule has 4 aromatic rings. The van der Waals surface area contributed by atoms with E-state index in [-0.39, 0.29) is 0 Å². The van der Waals surface area contributed by atoms with Gasteiger partial charge in [-0.3, -0.25) is 0 Å². The van der Waals surface area contributed by atoms with Crippen molar-refractivity contribution in [1.82, 2.24) is 0 Å². The fraction of sp³-hybridized carbons (Fsp3) is 0.143. The molecule has 0 unspecified atom stereocenters. The topological polar surface area (TPSA) is 0 Å². The molecule has 0 aromatic heterocycles. The van der Waals surface area contributed by atoms with Crippen molar-refractivity contribution in [3.05, 3.63) is 144 Å². The van der Waals surface area contributed by atoms with Crippen LogP contribution in [-0.2, 0) is 0 Å². The average Bonchev–Trinajstić information content (AvgIpc) is 2.84. The van der Waals surface area contributed by atoms with Gasteiger partial charge in [0.05, 0.1) is 0 Å². The Kier molecular flexibility index (Phi) is 8.01. The molecule has 0 saturated carbocycles. The first kappa shape index (κ1) is 21.2. The molecule has 0 bridgehead atoms. The first-order valence-electron chi connectivity index (χ1n) is 10.4. The Morgan fingerprint density at radius 1 is 0.367 bits per heavy atom. The third kappa shape index (κ3) is 5.75. The number of benzene rings is 4. The van der Waals surface area contributed by atoms with E-state index in [0.717, 1.165) is 0 Å². The third-order valence-electron chi connectivity index (χ3n) is 5.36. The summed E-state index contributed by atoms with van der Waals surface area (Å²) in [6.07, 6.45) is 0. The van der Waals surface area contributed by atoms with Gasteiger partial charge in [0.15, 0.2) is 0 Å². The van der Waals surface area contributed by atoms with E-state index in [1.165, 1.54) is 32.9 Å². The fourth-order valence-corrected chi connectivity index (χ4v) is 11.4. The zero-order valence-corrected chi connectivity index (χ0v) is 20.4. The average molecular weight is 520 g/mol. The summed E-state index contributed by atoms with van der Waals surface area (Å²) in [4.78, 5) is 0. The van der Waals surface area contributed by atoms with E-state index in [1.807, 2.05) is 0 Å². The molecule has 0 heterocycles. The van der Waals surface area contributed by atoms with E-state index >= 15 is 0 Å². The molecule has 0 saturated heterocycles. The van der Waals surface area contributed by atoms with Crippen molar-refractivity contribution in [1.29, 1.82) is 0 Å². The predicted octanol–water partition coefficient (Wildman–Crippen LogP) is 6.81. The summed E-state index contributed by atoms with van der Waals surface area (Å²) in [7, 11) is 0.